The second-order valence-electron chi connectivity index (χ2n) is 3.33. The Morgan fingerprint density at radius 1 is 1.35 bits per heavy atom. The highest BCUT2D eigenvalue weighted by Crippen LogP contribution is 2.13. The predicted molar refractivity (Wildman–Crippen MR) is 60.6 cm³/mol. The van der Waals surface area contributed by atoms with Crippen LogP contribution in [0.1, 0.15) is 12.5 Å². The molecule has 0 heterocycles. The van der Waals surface area contributed by atoms with Crippen molar-refractivity contribution in [2.75, 3.05) is 7.11 Å². The monoisotopic (exact) mass is 237 g/mol. The van der Waals surface area contributed by atoms with Crippen molar-refractivity contribution < 1.29 is 19.0 Å². The zero-order chi connectivity index (χ0) is 13.0. The molecular formula is C12H12FNO3. The zero-order valence-electron chi connectivity index (χ0n) is 9.45. The van der Waals surface area contributed by atoms with Gasteiger partial charge in [-0.3, -0.25) is 5.41 Å². The van der Waals surface area contributed by atoms with E-state index in [1.165, 1.54) is 31.2 Å². The number of carbonyl (C=O) groups is 1. The summed E-state index contributed by atoms with van der Waals surface area (Å²) in [5.74, 6) is -1.56. The van der Waals surface area contributed by atoms with E-state index in [2.05, 4.69) is 4.74 Å². The molecule has 0 bridgehead atoms. The van der Waals surface area contributed by atoms with E-state index in [-0.39, 0.29) is 17.0 Å². The minimum atomic E-state index is -0.806. The van der Waals surface area contributed by atoms with Crippen LogP contribution in [0.2, 0.25) is 0 Å². The number of aliphatic hydroxyl groups excluding tert-OH is 1. The molecule has 0 aliphatic heterocycles. The maximum atomic E-state index is 12.7. The molecule has 17 heavy (non-hydrogen) atoms. The molecule has 0 spiro atoms. The fraction of sp³-hybridized carbons (Fsp3) is 0.167. The molecule has 2 N–H and O–H groups in total. The topological polar surface area (TPSA) is 70.4 Å². The lowest BCUT2D eigenvalue weighted by atomic mass is 10.0. The third kappa shape index (κ3) is 2.90. The number of aliphatic hydroxyl groups is 1. The van der Waals surface area contributed by atoms with Gasteiger partial charge in [-0.2, -0.15) is 0 Å². The number of nitrogens with one attached hydrogen (secondary N) is 1. The van der Waals surface area contributed by atoms with Gasteiger partial charge in [0, 0.05) is 5.56 Å². The molecule has 0 amide bonds. The number of allylic oxidation sites excluding steroid dienone is 1. The van der Waals surface area contributed by atoms with E-state index in [9.17, 15) is 14.3 Å². The van der Waals surface area contributed by atoms with Gasteiger partial charge in [0.1, 0.15) is 17.1 Å². The van der Waals surface area contributed by atoms with Gasteiger partial charge in [0.2, 0.25) is 0 Å². The maximum absolute atomic E-state index is 12.7. The van der Waals surface area contributed by atoms with Gasteiger partial charge >= 0.3 is 5.97 Å². The summed E-state index contributed by atoms with van der Waals surface area (Å²) < 4.78 is 17.2. The molecule has 0 fully saturated rings. The van der Waals surface area contributed by atoms with Gasteiger partial charge in [-0.05, 0) is 31.2 Å². The van der Waals surface area contributed by atoms with E-state index in [1.54, 1.807) is 0 Å². The first kappa shape index (κ1) is 12.9. The number of esters is 1. The van der Waals surface area contributed by atoms with Crippen LogP contribution in [0.3, 0.4) is 0 Å². The van der Waals surface area contributed by atoms with Crippen LogP contribution >= 0.6 is 0 Å². The summed E-state index contributed by atoms with van der Waals surface area (Å²) in [5.41, 5.74) is -0.129. The third-order valence-electron chi connectivity index (χ3n) is 2.13. The standard InChI is InChI=1S/C12H12FNO3/c1-7(15)10(12(16)17-2)11(14)8-3-5-9(13)6-4-8/h3-6,14-15H,1-2H3. The molecule has 0 saturated carbocycles. The first-order valence-electron chi connectivity index (χ1n) is 4.80. The Labute approximate surface area is 97.9 Å². The van der Waals surface area contributed by atoms with E-state index in [1.807, 2.05) is 0 Å². The normalized spacial score (nSPS) is 11.7. The number of methoxy groups -OCH3 is 1. The molecule has 0 atom stereocenters. The summed E-state index contributed by atoms with van der Waals surface area (Å²) in [5, 5.41) is 17.1. The van der Waals surface area contributed by atoms with Gasteiger partial charge in [0.05, 0.1) is 12.8 Å². The summed E-state index contributed by atoms with van der Waals surface area (Å²) in [6.07, 6.45) is 0. The molecule has 4 nitrogen and oxygen atoms in total. The lowest BCUT2D eigenvalue weighted by Gasteiger charge is -2.08. The van der Waals surface area contributed by atoms with Crippen LogP contribution < -0.4 is 0 Å². The Morgan fingerprint density at radius 3 is 2.29 bits per heavy atom. The lowest BCUT2D eigenvalue weighted by molar-refractivity contribution is -0.135. The van der Waals surface area contributed by atoms with Crippen LogP contribution in [0.5, 0.6) is 0 Å². The van der Waals surface area contributed by atoms with Gasteiger partial charge in [-0.15, -0.1) is 0 Å². The number of rotatable bonds is 3. The minimum absolute atomic E-state index is 0.211. The molecule has 1 aromatic rings. The molecule has 1 rings (SSSR count). The summed E-state index contributed by atoms with van der Waals surface area (Å²) in [6, 6.07) is 5.05. The summed E-state index contributed by atoms with van der Waals surface area (Å²) in [7, 11) is 1.16. The average Bonchev–Trinajstić information content (AvgIpc) is 2.29. The van der Waals surface area contributed by atoms with Crippen molar-refractivity contribution in [1.82, 2.24) is 0 Å². The van der Waals surface area contributed by atoms with Crippen molar-refractivity contribution in [2.24, 2.45) is 0 Å². The summed E-state index contributed by atoms with van der Waals surface area (Å²) >= 11 is 0. The maximum Gasteiger partial charge on any atom is 0.343 e. The zero-order valence-corrected chi connectivity index (χ0v) is 9.45. The predicted octanol–water partition coefficient (Wildman–Crippen LogP) is 2.20. The molecule has 0 unspecified atom stereocenters. The minimum Gasteiger partial charge on any atom is -0.512 e. The SMILES string of the molecule is COC(=O)C(C(=N)c1ccc(F)cc1)=C(C)O. The molecule has 90 valence electrons. The Bertz CT molecular complexity index is 473. The molecule has 0 radical (unpaired) electrons. The van der Waals surface area contributed by atoms with Crippen molar-refractivity contribution >= 4 is 11.7 Å². The average molecular weight is 237 g/mol. The highest BCUT2D eigenvalue weighted by atomic mass is 19.1. The Balaban J connectivity index is 3.15. The van der Waals surface area contributed by atoms with Crippen LogP contribution in [-0.4, -0.2) is 23.9 Å². The van der Waals surface area contributed by atoms with Crippen LogP contribution in [0, 0.1) is 11.2 Å². The van der Waals surface area contributed by atoms with Crippen LogP contribution in [-0.2, 0) is 9.53 Å². The largest absolute Gasteiger partial charge is 0.512 e. The molecule has 0 aromatic heterocycles. The van der Waals surface area contributed by atoms with Crippen molar-refractivity contribution in [3.63, 3.8) is 0 Å². The van der Waals surface area contributed by atoms with Crippen molar-refractivity contribution in [3.8, 4) is 0 Å². The van der Waals surface area contributed by atoms with Crippen molar-refractivity contribution in [1.29, 1.82) is 5.41 Å². The fourth-order valence-electron chi connectivity index (χ4n) is 1.29. The summed E-state index contributed by atoms with van der Waals surface area (Å²) in [4.78, 5) is 11.4. The first-order valence-corrected chi connectivity index (χ1v) is 4.80. The Hall–Kier alpha value is -2.17. The van der Waals surface area contributed by atoms with E-state index in [4.69, 9.17) is 5.41 Å². The number of benzene rings is 1. The van der Waals surface area contributed by atoms with Crippen LogP contribution in [0.25, 0.3) is 0 Å². The second kappa shape index (κ2) is 5.25. The highest BCUT2D eigenvalue weighted by Gasteiger charge is 2.20. The Kier molecular flexibility index (Phi) is 3.98. The lowest BCUT2D eigenvalue weighted by Crippen LogP contribution is -2.16. The van der Waals surface area contributed by atoms with Gasteiger partial charge < -0.3 is 9.84 Å². The van der Waals surface area contributed by atoms with Crippen molar-refractivity contribution in [3.05, 3.63) is 47.0 Å². The van der Waals surface area contributed by atoms with Gasteiger partial charge in [-0.1, -0.05) is 0 Å². The molecule has 0 saturated heterocycles. The fourth-order valence-corrected chi connectivity index (χ4v) is 1.29. The number of halogens is 1. The van der Waals surface area contributed by atoms with E-state index >= 15 is 0 Å². The molecular weight excluding hydrogens is 225 g/mol. The van der Waals surface area contributed by atoms with Gasteiger partial charge in [0.25, 0.3) is 0 Å². The van der Waals surface area contributed by atoms with Gasteiger partial charge in [0.15, 0.2) is 0 Å². The Morgan fingerprint density at radius 2 is 1.88 bits per heavy atom. The molecule has 1 aromatic carbocycles. The smallest absolute Gasteiger partial charge is 0.343 e. The number of hydrogen-bond donors (Lipinski definition) is 2. The number of carbonyl (C=O) groups excluding carboxylic acids is 1. The molecule has 5 heteroatoms. The molecule has 0 aliphatic rings. The highest BCUT2D eigenvalue weighted by molar-refractivity contribution is 6.25. The third-order valence-corrected chi connectivity index (χ3v) is 2.13. The summed E-state index contributed by atoms with van der Waals surface area (Å²) in [6.45, 7) is 1.28. The molecule has 0 aliphatic carbocycles. The number of hydrogen-bond acceptors (Lipinski definition) is 4. The van der Waals surface area contributed by atoms with E-state index < -0.39 is 11.8 Å². The second-order valence-corrected chi connectivity index (χ2v) is 3.33. The van der Waals surface area contributed by atoms with Crippen LogP contribution in [0.4, 0.5) is 4.39 Å². The van der Waals surface area contributed by atoms with Gasteiger partial charge in [-0.25, -0.2) is 9.18 Å². The van der Waals surface area contributed by atoms with E-state index in [0.717, 1.165) is 7.11 Å². The quantitative estimate of drug-likeness (QED) is 0.366. The number of ether oxygens (including phenoxy) is 1. The first-order chi connectivity index (χ1) is 7.97. The van der Waals surface area contributed by atoms with E-state index in [0.29, 0.717) is 5.56 Å². The van der Waals surface area contributed by atoms with Crippen molar-refractivity contribution in [2.45, 2.75) is 6.92 Å². The van der Waals surface area contributed by atoms with Crippen LogP contribution in [0.15, 0.2) is 35.6 Å².